The normalized spacial score (nSPS) is 15.9. The van der Waals surface area contributed by atoms with Gasteiger partial charge in [-0.1, -0.05) is 48.0 Å². The minimum atomic E-state index is -1.01. The fraction of sp³-hybridized carbons (Fsp3) is 0.289. The Morgan fingerprint density at radius 1 is 0.826 bits per heavy atom. The molecule has 0 radical (unpaired) electrons. The van der Waals surface area contributed by atoms with Crippen LogP contribution in [0.2, 0.25) is 5.02 Å². The van der Waals surface area contributed by atoms with Crippen molar-refractivity contribution in [1.82, 2.24) is 14.8 Å². The molecule has 8 heteroatoms. The molecule has 0 atom stereocenters. The number of hydrogen-bond acceptors (Lipinski definition) is 5. The maximum Gasteiger partial charge on any atom is 0.339 e. The summed E-state index contributed by atoms with van der Waals surface area (Å²) in [5, 5.41) is 11.6. The maximum atomic E-state index is 12.1. The second-order valence-corrected chi connectivity index (χ2v) is 12.8. The van der Waals surface area contributed by atoms with E-state index in [-0.39, 0.29) is 5.56 Å². The number of carbonyl (C=O) groups is 1. The predicted molar refractivity (Wildman–Crippen MR) is 186 cm³/mol. The standard InChI is InChI=1S/C38H39ClN4O3/c39-30-9-7-28(8-10-30)32-12-6-27(15-19-41-17-1-2-18-41)24-29(32)26-42-20-22-43(23-21-42)31-11-13-34(38(44)45)37(25-31)46-36-5-3-4-35-33(36)14-16-40-35/h3-14,16,24-25,40H,1-2,15,17-23,26H2,(H,44,45). The molecule has 46 heavy (non-hydrogen) atoms. The highest BCUT2D eigenvalue weighted by Gasteiger charge is 2.22. The highest BCUT2D eigenvalue weighted by atomic mass is 35.5. The Hall–Kier alpha value is -4.30. The van der Waals surface area contributed by atoms with Gasteiger partial charge in [0.05, 0.1) is 0 Å². The van der Waals surface area contributed by atoms with E-state index >= 15 is 0 Å². The van der Waals surface area contributed by atoms with Gasteiger partial charge in [0.25, 0.3) is 0 Å². The van der Waals surface area contributed by atoms with Crippen LogP contribution in [0.25, 0.3) is 22.0 Å². The molecule has 1 aromatic heterocycles. The minimum absolute atomic E-state index is 0.147. The Balaban J connectivity index is 1.07. The zero-order valence-corrected chi connectivity index (χ0v) is 26.7. The third-order valence-corrected chi connectivity index (χ3v) is 9.59. The van der Waals surface area contributed by atoms with E-state index in [1.54, 1.807) is 6.07 Å². The average Bonchev–Trinajstić information content (AvgIpc) is 3.78. The quantitative estimate of drug-likeness (QED) is 0.163. The monoisotopic (exact) mass is 634 g/mol. The van der Waals surface area contributed by atoms with Gasteiger partial charge in [-0.2, -0.15) is 0 Å². The van der Waals surface area contributed by atoms with Crippen LogP contribution in [0.3, 0.4) is 0 Å². The molecule has 0 bridgehead atoms. The molecule has 7 nitrogen and oxygen atoms in total. The van der Waals surface area contributed by atoms with Crippen LogP contribution < -0.4 is 9.64 Å². The number of halogens is 1. The van der Waals surface area contributed by atoms with Gasteiger partial charge in [0.1, 0.15) is 17.1 Å². The summed E-state index contributed by atoms with van der Waals surface area (Å²) in [7, 11) is 0. The summed E-state index contributed by atoms with van der Waals surface area (Å²) in [5.74, 6) is -0.0337. The number of anilines is 1. The number of hydrogen-bond donors (Lipinski definition) is 2. The molecular formula is C38H39ClN4O3. The van der Waals surface area contributed by atoms with E-state index in [4.69, 9.17) is 16.3 Å². The number of aromatic carboxylic acids is 1. The predicted octanol–water partition coefficient (Wildman–Crippen LogP) is 7.94. The third kappa shape index (κ3) is 6.77. The molecule has 0 spiro atoms. The third-order valence-electron chi connectivity index (χ3n) is 9.34. The molecule has 0 amide bonds. The summed E-state index contributed by atoms with van der Waals surface area (Å²) in [6, 6.07) is 28.2. The summed E-state index contributed by atoms with van der Waals surface area (Å²) < 4.78 is 6.25. The molecule has 2 fully saturated rings. The smallest absolute Gasteiger partial charge is 0.339 e. The lowest BCUT2D eigenvalue weighted by atomic mass is 9.96. The lowest BCUT2D eigenvalue weighted by Crippen LogP contribution is -2.46. The number of carboxylic acid groups (broad SMARTS) is 1. The van der Waals surface area contributed by atoms with Crippen LogP contribution in [0.4, 0.5) is 5.69 Å². The summed E-state index contributed by atoms with van der Waals surface area (Å²) in [6.07, 6.45) is 5.55. The number of benzene rings is 4. The number of aromatic amines is 1. The number of carboxylic acids is 1. The van der Waals surface area contributed by atoms with Gasteiger partial charge in [-0.05, 0) is 97.1 Å². The lowest BCUT2D eigenvalue weighted by molar-refractivity contribution is 0.0694. The molecule has 5 aromatic rings. The maximum absolute atomic E-state index is 12.1. The van der Waals surface area contributed by atoms with Gasteiger partial charge in [0.2, 0.25) is 0 Å². The molecule has 2 aliphatic rings. The topological polar surface area (TPSA) is 72.0 Å². The van der Waals surface area contributed by atoms with Gasteiger partial charge >= 0.3 is 5.97 Å². The highest BCUT2D eigenvalue weighted by molar-refractivity contribution is 6.30. The van der Waals surface area contributed by atoms with E-state index in [9.17, 15) is 9.90 Å². The van der Waals surface area contributed by atoms with Crippen molar-refractivity contribution in [3.05, 3.63) is 113 Å². The lowest BCUT2D eigenvalue weighted by Gasteiger charge is -2.36. The van der Waals surface area contributed by atoms with Crippen molar-refractivity contribution < 1.29 is 14.6 Å². The van der Waals surface area contributed by atoms with Gasteiger partial charge in [-0.25, -0.2) is 4.79 Å². The van der Waals surface area contributed by atoms with E-state index < -0.39 is 5.97 Å². The Morgan fingerprint density at radius 3 is 2.41 bits per heavy atom. The number of fused-ring (bicyclic) bond motifs is 1. The molecule has 7 rings (SSSR count). The number of likely N-dealkylation sites (tertiary alicyclic amines) is 1. The summed E-state index contributed by atoms with van der Waals surface area (Å²) >= 11 is 6.22. The first-order valence-corrected chi connectivity index (χ1v) is 16.6. The van der Waals surface area contributed by atoms with Gasteiger partial charge in [-0.3, -0.25) is 4.90 Å². The molecule has 2 N–H and O–H groups in total. The average molecular weight is 635 g/mol. The van der Waals surface area contributed by atoms with Crippen LogP contribution in [0.5, 0.6) is 11.5 Å². The summed E-state index contributed by atoms with van der Waals surface area (Å²) in [4.78, 5) is 22.7. The molecular weight excluding hydrogens is 596 g/mol. The molecule has 2 saturated heterocycles. The molecule has 0 unspecified atom stereocenters. The second kappa shape index (κ2) is 13.6. The number of nitrogens with zero attached hydrogens (tertiary/aromatic N) is 3. The number of ether oxygens (including phenoxy) is 1. The number of piperazine rings is 1. The number of aromatic nitrogens is 1. The first kappa shape index (κ1) is 30.4. The fourth-order valence-electron chi connectivity index (χ4n) is 6.78. The zero-order valence-electron chi connectivity index (χ0n) is 25.9. The molecule has 236 valence electrons. The molecule has 0 aliphatic carbocycles. The van der Waals surface area contributed by atoms with Gasteiger partial charge < -0.3 is 24.6 Å². The first-order valence-electron chi connectivity index (χ1n) is 16.2. The Bertz CT molecular complexity index is 1820. The highest BCUT2D eigenvalue weighted by Crippen LogP contribution is 2.35. The fourth-order valence-corrected chi connectivity index (χ4v) is 6.90. The van der Waals surface area contributed by atoms with Crippen LogP contribution in [0, 0.1) is 0 Å². The Morgan fingerprint density at radius 2 is 1.63 bits per heavy atom. The number of rotatable bonds is 10. The SMILES string of the molecule is O=C(O)c1ccc(N2CCN(Cc3cc(CCN4CCCC4)ccc3-c3ccc(Cl)cc3)CC2)cc1Oc1cccc2[nH]ccc12. The van der Waals surface area contributed by atoms with Crippen molar-refractivity contribution in [3.8, 4) is 22.6 Å². The van der Waals surface area contributed by atoms with Crippen LogP contribution in [0.15, 0.2) is 91.1 Å². The Kier molecular flexibility index (Phi) is 8.97. The minimum Gasteiger partial charge on any atom is -0.478 e. The van der Waals surface area contributed by atoms with Crippen molar-refractivity contribution in [2.24, 2.45) is 0 Å². The van der Waals surface area contributed by atoms with Crippen LogP contribution in [-0.4, -0.2) is 71.7 Å². The zero-order chi connectivity index (χ0) is 31.5. The number of H-pyrrole nitrogens is 1. The van der Waals surface area contributed by atoms with E-state index in [0.29, 0.717) is 11.5 Å². The number of nitrogens with one attached hydrogen (secondary N) is 1. The van der Waals surface area contributed by atoms with Crippen molar-refractivity contribution in [1.29, 1.82) is 0 Å². The van der Waals surface area contributed by atoms with Crippen molar-refractivity contribution in [2.45, 2.75) is 25.8 Å². The van der Waals surface area contributed by atoms with E-state index in [2.05, 4.69) is 50.0 Å². The Labute approximate surface area is 275 Å². The summed E-state index contributed by atoms with van der Waals surface area (Å²) in [5.41, 5.74) is 7.23. The van der Waals surface area contributed by atoms with Crippen LogP contribution >= 0.6 is 11.6 Å². The molecule has 0 saturated carbocycles. The van der Waals surface area contributed by atoms with E-state index in [0.717, 1.165) is 67.3 Å². The van der Waals surface area contributed by atoms with Crippen LogP contribution in [0.1, 0.15) is 34.3 Å². The van der Waals surface area contributed by atoms with Crippen LogP contribution in [-0.2, 0) is 13.0 Å². The molecule has 2 aliphatic heterocycles. The summed E-state index contributed by atoms with van der Waals surface area (Å²) in [6.45, 7) is 7.90. The van der Waals surface area contributed by atoms with Crippen molar-refractivity contribution in [2.75, 3.05) is 50.7 Å². The largest absolute Gasteiger partial charge is 0.478 e. The first-order chi connectivity index (χ1) is 22.5. The second-order valence-electron chi connectivity index (χ2n) is 12.3. The van der Waals surface area contributed by atoms with Gasteiger partial charge in [0.15, 0.2) is 0 Å². The molecule has 3 heterocycles. The van der Waals surface area contributed by atoms with Gasteiger partial charge in [0, 0.05) is 73.1 Å². The molecule has 4 aromatic carbocycles. The van der Waals surface area contributed by atoms with Crippen molar-refractivity contribution >= 4 is 34.2 Å². The van der Waals surface area contributed by atoms with Gasteiger partial charge in [-0.15, -0.1) is 0 Å². The van der Waals surface area contributed by atoms with E-state index in [1.807, 2.05) is 54.7 Å². The van der Waals surface area contributed by atoms with Crippen molar-refractivity contribution in [3.63, 3.8) is 0 Å². The van der Waals surface area contributed by atoms with E-state index in [1.165, 1.54) is 48.2 Å².